The van der Waals surface area contributed by atoms with Crippen LogP contribution in [0.15, 0.2) is 5.03 Å². The molecule has 1 aliphatic carbocycles. The normalized spacial score (nSPS) is 18.6. The van der Waals surface area contributed by atoms with E-state index in [1.54, 1.807) is 6.92 Å². The predicted molar refractivity (Wildman–Crippen MR) is 94.6 cm³/mol. The van der Waals surface area contributed by atoms with Crippen LogP contribution in [0.1, 0.15) is 55.7 Å². The number of nitrogens with zero attached hydrogens (tertiary/aromatic N) is 3. The number of thioether (sulfide) groups is 1. The number of hydrogen-bond donors (Lipinski definition) is 1. The van der Waals surface area contributed by atoms with Crippen molar-refractivity contribution in [3.05, 3.63) is 16.7 Å². The third-order valence-corrected chi connectivity index (χ3v) is 5.94. The lowest BCUT2D eigenvalue weighted by Crippen LogP contribution is -2.32. The highest BCUT2D eigenvalue weighted by atomic mass is 32.2. The van der Waals surface area contributed by atoms with Crippen LogP contribution in [-0.4, -0.2) is 34.4 Å². The van der Waals surface area contributed by atoms with E-state index in [1.165, 1.54) is 36.6 Å². The van der Waals surface area contributed by atoms with E-state index in [1.807, 2.05) is 0 Å². The third kappa shape index (κ3) is 3.36. The molecule has 0 radical (unpaired) electrons. The quantitative estimate of drug-likeness (QED) is 0.843. The summed E-state index contributed by atoms with van der Waals surface area (Å²) in [7, 11) is 0. The van der Waals surface area contributed by atoms with Crippen LogP contribution in [0.3, 0.4) is 0 Å². The molecule has 0 unspecified atom stereocenters. The fourth-order valence-electron chi connectivity index (χ4n) is 3.56. The number of pyridine rings is 1. The molecular formula is C18H23N3O2S. The minimum atomic E-state index is -0.872. The van der Waals surface area contributed by atoms with E-state index in [0.717, 1.165) is 50.2 Å². The molecule has 1 aliphatic heterocycles. The second-order valence-electron chi connectivity index (χ2n) is 6.54. The molecule has 0 spiro atoms. The molecule has 0 saturated carbocycles. The van der Waals surface area contributed by atoms with Crippen molar-refractivity contribution in [3.8, 4) is 6.07 Å². The Balaban J connectivity index is 2.07. The van der Waals surface area contributed by atoms with Crippen molar-refractivity contribution in [3.63, 3.8) is 0 Å². The van der Waals surface area contributed by atoms with Crippen molar-refractivity contribution in [1.29, 1.82) is 5.26 Å². The van der Waals surface area contributed by atoms with Gasteiger partial charge in [-0.15, -0.1) is 0 Å². The average Bonchev–Trinajstić information content (AvgIpc) is 2.61. The Bertz CT molecular complexity index is 678. The zero-order valence-electron chi connectivity index (χ0n) is 14.0. The van der Waals surface area contributed by atoms with Gasteiger partial charge in [-0.05, 0) is 63.0 Å². The van der Waals surface area contributed by atoms with Crippen LogP contribution >= 0.6 is 11.8 Å². The molecular weight excluding hydrogens is 322 g/mol. The van der Waals surface area contributed by atoms with E-state index < -0.39 is 11.2 Å². The van der Waals surface area contributed by atoms with E-state index in [-0.39, 0.29) is 0 Å². The number of nitriles is 1. The Morgan fingerprint density at radius 2 is 1.88 bits per heavy atom. The number of carboxylic acids is 1. The molecule has 1 N–H and O–H groups in total. The van der Waals surface area contributed by atoms with Crippen molar-refractivity contribution >= 4 is 23.5 Å². The number of carboxylic acid groups (broad SMARTS) is 1. The Morgan fingerprint density at radius 1 is 1.21 bits per heavy atom. The van der Waals surface area contributed by atoms with Gasteiger partial charge in [-0.25, -0.2) is 4.98 Å². The van der Waals surface area contributed by atoms with Crippen LogP contribution in [-0.2, 0) is 17.6 Å². The first kappa shape index (κ1) is 17.1. The molecule has 1 fully saturated rings. The number of fused-ring (bicyclic) bond motifs is 1. The SMILES string of the molecule is C[C@@H](Sc1nc(N2CCCCC2)c2c(c1C#N)CCCC2)C(=O)O. The van der Waals surface area contributed by atoms with Gasteiger partial charge in [0, 0.05) is 13.1 Å². The van der Waals surface area contributed by atoms with Gasteiger partial charge < -0.3 is 10.0 Å². The van der Waals surface area contributed by atoms with Crippen LogP contribution < -0.4 is 4.90 Å². The van der Waals surface area contributed by atoms with Gasteiger partial charge in [0.2, 0.25) is 0 Å². The standard InChI is InChI=1S/C18H23N3O2S/c1-12(18(22)23)24-17-15(11-19)13-7-3-4-8-14(13)16(20-17)21-9-5-2-6-10-21/h12H,2-10H2,1H3,(H,22,23)/t12-/m1/s1. The summed E-state index contributed by atoms with van der Waals surface area (Å²) in [6.45, 7) is 3.66. The molecule has 5 nitrogen and oxygen atoms in total. The highest BCUT2D eigenvalue weighted by molar-refractivity contribution is 8.00. The van der Waals surface area contributed by atoms with Gasteiger partial charge in [-0.1, -0.05) is 11.8 Å². The number of aromatic nitrogens is 1. The maximum Gasteiger partial charge on any atom is 0.316 e. The predicted octanol–water partition coefficient (Wildman–Crippen LogP) is 3.39. The fraction of sp³-hybridized carbons (Fsp3) is 0.611. The Labute approximate surface area is 147 Å². The summed E-state index contributed by atoms with van der Waals surface area (Å²) in [5, 5.41) is 18.9. The number of aliphatic carboxylic acids is 1. The van der Waals surface area contributed by atoms with E-state index in [9.17, 15) is 15.2 Å². The molecule has 128 valence electrons. The Kier molecular flexibility index (Phi) is 5.30. The van der Waals surface area contributed by atoms with Crippen LogP contribution in [0.2, 0.25) is 0 Å². The maximum atomic E-state index is 11.2. The highest BCUT2D eigenvalue weighted by Crippen LogP contribution is 2.38. The zero-order chi connectivity index (χ0) is 17.1. The largest absolute Gasteiger partial charge is 0.480 e. The summed E-state index contributed by atoms with van der Waals surface area (Å²) in [4.78, 5) is 18.4. The fourth-order valence-corrected chi connectivity index (χ4v) is 4.42. The smallest absolute Gasteiger partial charge is 0.316 e. The lowest BCUT2D eigenvalue weighted by Gasteiger charge is -2.32. The molecule has 0 bridgehead atoms. The summed E-state index contributed by atoms with van der Waals surface area (Å²) < 4.78 is 0. The van der Waals surface area contributed by atoms with E-state index in [0.29, 0.717) is 10.6 Å². The van der Waals surface area contributed by atoms with E-state index in [4.69, 9.17) is 4.98 Å². The lowest BCUT2D eigenvalue weighted by atomic mass is 9.89. The molecule has 3 rings (SSSR count). The number of rotatable bonds is 4. The minimum absolute atomic E-state index is 0.591. The topological polar surface area (TPSA) is 77.2 Å². The van der Waals surface area contributed by atoms with Gasteiger partial charge in [0.15, 0.2) is 0 Å². The summed E-state index contributed by atoms with van der Waals surface area (Å²) in [5.41, 5.74) is 2.94. The first-order chi connectivity index (χ1) is 11.6. The second kappa shape index (κ2) is 7.43. The first-order valence-corrected chi connectivity index (χ1v) is 9.60. The summed E-state index contributed by atoms with van der Waals surface area (Å²) in [5.74, 6) is 0.131. The molecule has 2 heterocycles. The molecule has 0 aromatic carbocycles. The molecule has 1 aromatic heterocycles. The molecule has 6 heteroatoms. The Hall–Kier alpha value is -1.74. The van der Waals surface area contributed by atoms with Crippen molar-refractivity contribution in [1.82, 2.24) is 4.98 Å². The Morgan fingerprint density at radius 3 is 2.50 bits per heavy atom. The molecule has 2 aliphatic rings. The summed E-state index contributed by atoms with van der Waals surface area (Å²) in [6.07, 6.45) is 7.70. The van der Waals surface area contributed by atoms with Gasteiger partial charge >= 0.3 is 5.97 Å². The van der Waals surface area contributed by atoms with Crippen LogP contribution in [0.25, 0.3) is 0 Å². The van der Waals surface area contributed by atoms with Crippen molar-refractivity contribution < 1.29 is 9.90 Å². The van der Waals surface area contributed by atoms with Gasteiger partial charge in [0.25, 0.3) is 0 Å². The third-order valence-electron chi connectivity index (χ3n) is 4.86. The second-order valence-corrected chi connectivity index (χ2v) is 7.87. The zero-order valence-corrected chi connectivity index (χ0v) is 14.9. The molecule has 24 heavy (non-hydrogen) atoms. The lowest BCUT2D eigenvalue weighted by molar-refractivity contribution is -0.136. The van der Waals surface area contributed by atoms with Gasteiger partial charge in [-0.2, -0.15) is 5.26 Å². The van der Waals surface area contributed by atoms with E-state index >= 15 is 0 Å². The summed E-state index contributed by atoms with van der Waals surface area (Å²) in [6, 6.07) is 2.30. The van der Waals surface area contributed by atoms with Crippen LogP contribution in [0.5, 0.6) is 0 Å². The van der Waals surface area contributed by atoms with E-state index in [2.05, 4.69) is 11.0 Å². The van der Waals surface area contributed by atoms with Crippen molar-refractivity contribution in [2.75, 3.05) is 18.0 Å². The number of hydrogen-bond acceptors (Lipinski definition) is 5. The number of carbonyl (C=O) groups is 1. The minimum Gasteiger partial charge on any atom is -0.480 e. The highest BCUT2D eigenvalue weighted by Gasteiger charge is 2.27. The van der Waals surface area contributed by atoms with Crippen LogP contribution in [0, 0.1) is 11.3 Å². The van der Waals surface area contributed by atoms with Gasteiger partial charge in [0.1, 0.15) is 22.2 Å². The average molecular weight is 345 g/mol. The molecule has 1 aromatic rings. The van der Waals surface area contributed by atoms with Gasteiger partial charge in [-0.3, -0.25) is 4.79 Å². The van der Waals surface area contributed by atoms with Crippen LogP contribution in [0.4, 0.5) is 5.82 Å². The maximum absolute atomic E-state index is 11.2. The monoisotopic (exact) mass is 345 g/mol. The van der Waals surface area contributed by atoms with Gasteiger partial charge in [0.05, 0.1) is 5.56 Å². The van der Waals surface area contributed by atoms with Crippen molar-refractivity contribution in [2.24, 2.45) is 0 Å². The molecule has 1 atom stereocenters. The van der Waals surface area contributed by atoms with Crippen molar-refractivity contribution in [2.45, 2.75) is 62.1 Å². The summed E-state index contributed by atoms with van der Waals surface area (Å²) >= 11 is 1.19. The molecule has 1 saturated heterocycles. The molecule has 0 amide bonds. The number of anilines is 1. The first-order valence-electron chi connectivity index (χ1n) is 8.72. The number of piperidine rings is 1.